The molecule has 1 spiro atoms. The Balaban J connectivity index is 1.08. The lowest BCUT2D eigenvalue weighted by molar-refractivity contribution is -0.124. The van der Waals surface area contributed by atoms with Crippen molar-refractivity contribution in [2.45, 2.75) is 51.6 Å². The van der Waals surface area contributed by atoms with Gasteiger partial charge in [0.1, 0.15) is 0 Å². The lowest BCUT2D eigenvalue weighted by atomic mass is 9.90. The van der Waals surface area contributed by atoms with Crippen molar-refractivity contribution >= 4 is 12.0 Å². The van der Waals surface area contributed by atoms with Crippen LogP contribution in [0.15, 0.2) is 36.5 Å². The second-order valence-corrected chi connectivity index (χ2v) is 10.0. The third-order valence-electron chi connectivity index (χ3n) is 7.90. The molecule has 5 rings (SSSR count). The van der Waals surface area contributed by atoms with Gasteiger partial charge >= 0.3 is 6.09 Å². The summed E-state index contributed by atoms with van der Waals surface area (Å²) in [5.41, 5.74) is 3.67. The van der Waals surface area contributed by atoms with E-state index in [1.807, 2.05) is 31.3 Å². The minimum atomic E-state index is -0.244. The van der Waals surface area contributed by atoms with Crippen LogP contribution in [0.1, 0.15) is 44.6 Å². The largest absolute Gasteiger partial charge is 0.450 e. The van der Waals surface area contributed by atoms with Gasteiger partial charge in [0.2, 0.25) is 5.91 Å². The third kappa shape index (κ3) is 4.82. The number of nitrogens with one attached hydrogen (secondary N) is 2. The normalized spacial score (nSPS) is 22.5. The van der Waals surface area contributed by atoms with Crippen LogP contribution in [0.25, 0.3) is 11.3 Å². The molecule has 3 heterocycles. The van der Waals surface area contributed by atoms with E-state index in [9.17, 15) is 9.59 Å². The average molecular weight is 466 g/mol. The standard InChI is InChI=1S/C26H35N5O3/c1-2-34-25(33)31-12-8-21(9-13-31)28-24(32)22-16-26(22)10-14-30(15-11-26)18-20-17-27-29-23(20)19-6-4-3-5-7-19/h3-7,17,21-22H,2,8-16,18H2,1H3,(H,27,29)(H,28,32)/t22-/m1/s1. The van der Waals surface area contributed by atoms with E-state index >= 15 is 0 Å². The quantitative estimate of drug-likeness (QED) is 0.682. The van der Waals surface area contributed by atoms with E-state index in [0.717, 1.165) is 63.0 Å². The minimum absolute atomic E-state index is 0.145. The number of hydrogen-bond donors (Lipinski definition) is 2. The van der Waals surface area contributed by atoms with Crippen LogP contribution in [0.4, 0.5) is 4.79 Å². The van der Waals surface area contributed by atoms with E-state index in [2.05, 4.69) is 32.5 Å². The molecule has 8 nitrogen and oxygen atoms in total. The zero-order valence-electron chi connectivity index (χ0n) is 20.0. The second kappa shape index (κ2) is 9.78. The predicted molar refractivity (Wildman–Crippen MR) is 129 cm³/mol. The van der Waals surface area contributed by atoms with Crippen LogP contribution in [0.2, 0.25) is 0 Å². The summed E-state index contributed by atoms with van der Waals surface area (Å²) in [4.78, 5) is 29.1. The van der Waals surface area contributed by atoms with E-state index in [1.54, 1.807) is 4.90 Å². The Hall–Kier alpha value is -2.87. The third-order valence-corrected chi connectivity index (χ3v) is 7.90. The van der Waals surface area contributed by atoms with E-state index < -0.39 is 0 Å². The van der Waals surface area contributed by atoms with Gasteiger partial charge in [-0.05, 0) is 63.1 Å². The fourth-order valence-electron chi connectivity index (χ4n) is 5.68. The van der Waals surface area contributed by atoms with Crippen molar-refractivity contribution in [3.63, 3.8) is 0 Å². The van der Waals surface area contributed by atoms with Crippen LogP contribution in [0.5, 0.6) is 0 Å². The first kappa shape index (κ1) is 22.9. The number of aromatic nitrogens is 2. The number of rotatable bonds is 6. The summed E-state index contributed by atoms with van der Waals surface area (Å²) in [6, 6.07) is 10.5. The van der Waals surface area contributed by atoms with Gasteiger partial charge < -0.3 is 15.0 Å². The highest BCUT2D eigenvalue weighted by molar-refractivity contribution is 5.83. The highest BCUT2D eigenvalue weighted by Gasteiger charge is 2.58. The molecule has 0 unspecified atom stereocenters. The molecule has 1 aromatic heterocycles. The topological polar surface area (TPSA) is 90.6 Å². The summed E-state index contributed by atoms with van der Waals surface area (Å²) in [6.45, 7) is 6.42. The molecular formula is C26H35N5O3. The molecule has 1 aromatic carbocycles. The molecule has 2 saturated heterocycles. The molecule has 1 saturated carbocycles. The Morgan fingerprint density at radius 3 is 2.59 bits per heavy atom. The molecular weight excluding hydrogens is 430 g/mol. The molecule has 182 valence electrons. The van der Waals surface area contributed by atoms with Crippen molar-refractivity contribution in [3.8, 4) is 11.3 Å². The van der Waals surface area contributed by atoms with Gasteiger partial charge in [-0.3, -0.25) is 14.8 Å². The number of carbonyl (C=O) groups excluding carboxylic acids is 2. The zero-order chi connectivity index (χ0) is 23.5. The monoisotopic (exact) mass is 465 g/mol. The molecule has 0 radical (unpaired) electrons. The van der Waals surface area contributed by atoms with Gasteiger partial charge in [-0.25, -0.2) is 4.79 Å². The van der Waals surface area contributed by atoms with E-state index in [-0.39, 0.29) is 29.4 Å². The van der Waals surface area contributed by atoms with Crippen molar-refractivity contribution in [2.75, 3.05) is 32.8 Å². The first-order valence-electron chi connectivity index (χ1n) is 12.6. The van der Waals surface area contributed by atoms with Gasteiger partial charge in [0.15, 0.2) is 0 Å². The first-order chi connectivity index (χ1) is 16.6. The number of nitrogens with zero attached hydrogens (tertiary/aromatic N) is 3. The van der Waals surface area contributed by atoms with Crippen molar-refractivity contribution in [3.05, 3.63) is 42.1 Å². The van der Waals surface area contributed by atoms with Gasteiger partial charge in [-0.1, -0.05) is 30.3 Å². The number of piperidine rings is 2. The summed E-state index contributed by atoms with van der Waals surface area (Å²) >= 11 is 0. The van der Waals surface area contributed by atoms with Crippen LogP contribution in [-0.2, 0) is 16.1 Å². The number of aromatic amines is 1. The summed E-state index contributed by atoms with van der Waals surface area (Å²) in [5.74, 6) is 0.357. The van der Waals surface area contributed by atoms with Gasteiger partial charge in [-0.2, -0.15) is 5.10 Å². The first-order valence-corrected chi connectivity index (χ1v) is 12.6. The number of carbonyl (C=O) groups is 2. The van der Waals surface area contributed by atoms with Gasteiger partial charge in [0, 0.05) is 37.2 Å². The summed E-state index contributed by atoms with van der Waals surface area (Å²) in [6.07, 6.45) is 6.45. The molecule has 2 aromatic rings. The number of H-pyrrole nitrogens is 1. The van der Waals surface area contributed by atoms with Crippen LogP contribution >= 0.6 is 0 Å². The maximum atomic E-state index is 13.0. The van der Waals surface area contributed by atoms with Gasteiger partial charge in [-0.15, -0.1) is 0 Å². The van der Waals surface area contributed by atoms with Crippen LogP contribution in [-0.4, -0.2) is 70.8 Å². The molecule has 0 bridgehead atoms. The fraction of sp³-hybridized carbons (Fsp3) is 0.577. The Morgan fingerprint density at radius 2 is 1.88 bits per heavy atom. The number of amides is 2. The van der Waals surface area contributed by atoms with Crippen molar-refractivity contribution in [1.82, 2.24) is 25.3 Å². The average Bonchev–Trinajstić information content (AvgIpc) is 3.37. The molecule has 8 heteroatoms. The Morgan fingerprint density at radius 1 is 1.15 bits per heavy atom. The lowest BCUT2D eigenvalue weighted by Gasteiger charge is -2.33. The zero-order valence-corrected chi connectivity index (χ0v) is 20.0. The lowest BCUT2D eigenvalue weighted by Crippen LogP contribution is -2.47. The molecule has 2 aliphatic heterocycles. The highest BCUT2D eigenvalue weighted by Crippen LogP contribution is 2.59. The smallest absolute Gasteiger partial charge is 0.409 e. The predicted octanol–water partition coefficient (Wildman–Crippen LogP) is 3.42. The Bertz CT molecular complexity index is 991. The fourth-order valence-corrected chi connectivity index (χ4v) is 5.68. The second-order valence-electron chi connectivity index (χ2n) is 10.0. The van der Waals surface area contributed by atoms with Crippen LogP contribution in [0, 0.1) is 11.3 Å². The molecule has 2 N–H and O–H groups in total. The van der Waals surface area contributed by atoms with Crippen molar-refractivity contribution < 1.29 is 14.3 Å². The minimum Gasteiger partial charge on any atom is -0.450 e. The molecule has 1 aliphatic carbocycles. The van der Waals surface area contributed by atoms with Crippen LogP contribution in [0.3, 0.4) is 0 Å². The Kier molecular flexibility index (Phi) is 6.59. The summed E-state index contributed by atoms with van der Waals surface area (Å²) < 4.78 is 5.08. The van der Waals surface area contributed by atoms with Gasteiger partial charge in [0.25, 0.3) is 0 Å². The maximum Gasteiger partial charge on any atom is 0.409 e. The van der Waals surface area contributed by atoms with Crippen molar-refractivity contribution in [2.24, 2.45) is 11.3 Å². The number of benzene rings is 1. The van der Waals surface area contributed by atoms with Crippen molar-refractivity contribution in [1.29, 1.82) is 0 Å². The SMILES string of the molecule is CCOC(=O)N1CCC(NC(=O)[C@H]2CC23CCN(Cc2cn[nH]c2-c2ccccc2)CC3)CC1. The van der Waals surface area contributed by atoms with Gasteiger partial charge in [0.05, 0.1) is 18.5 Å². The molecule has 2 amide bonds. The number of ether oxygens (including phenoxy) is 1. The number of hydrogen-bond acceptors (Lipinski definition) is 5. The molecule has 3 aliphatic rings. The Labute approximate surface area is 201 Å². The van der Waals surface area contributed by atoms with E-state index in [4.69, 9.17) is 4.74 Å². The van der Waals surface area contributed by atoms with Crippen LogP contribution < -0.4 is 5.32 Å². The number of likely N-dealkylation sites (tertiary alicyclic amines) is 2. The summed E-state index contributed by atoms with van der Waals surface area (Å²) in [5, 5.41) is 10.7. The summed E-state index contributed by atoms with van der Waals surface area (Å²) in [7, 11) is 0. The molecule has 1 atom stereocenters. The highest BCUT2D eigenvalue weighted by atomic mass is 16.6. The van der Waals surface area contributed by atoms with E-state index in [1.165, 1.54) is 5.56 Å². The van der Waals surface area contributed by atoms with E-state index in [0.29, 0.717) is 19.7 Å². The molecule has 34 heavy (non-hydrogen) atoms. The maximum absolute atomic E-state index is 13.0. The molecule has 3 fully saturated rings.